The van der Waals surface area contributed by atoms with E-state index < -0.39 is 0 Å². The molecule has 1 aliphatic rings. The fourth-order valence-electron chi connectivity index (χ4n) is 2.94. The Balaban J connectivity index is 2.18. The molecule has 1 aromatic carbocycles. The van der Waals surface area contributed by atoms with E-state index in [1.165, 1.54) is 31.4 Å². The first-order valence-corrected chi connectivity index (χ1v) is 7.54. The van der Waals surface area contributed by atoms with Crippen molar-refractivity contribution < 1.29 is 4.74 Å². The SMILES string of the molecule is CCCOc1cc(N)cc(N(CC)C2CCCC2)c1. The number of nitrogens with zero attached hydrogens (tertiary/aromatic N) is 1. The summed E-state index contributed by atoms with van der Waals surface area (Å²) in [6, 6.07) is 6.79. The molecule has 3 heteroatoms. The molecule has 0 heterocycles. The van der Waals surface area contributed by atoms with Gasteiger partial charge in [-0.05, 0) is 32.3 Å². The lowest BCUT2D eigenvalue weighted by molar-refractivity contribution is 0.317. The van der Waals surface area contributed by atoms with Crippen LogP contribution in [0.2, 0.25) is 0 Å². The lowest BCUT2D eigenvalue weighted by atomic mass is 10.1. The normalized spacial score (nSPS) is 15.7. The highest BCUT2D eigenvalue weighted by atomic mass is 16.5. The van der Waals surface area contributed by atoms with E-state index in [4.69, 9.17) is 10.5 Å². The summed E-state index contributed by atoms with van der Waals surface area (Å²) < 4.78 is 5.73. The number of rotatable bonds is 6. The Kier molecular flexibility index (Phi) is 4.94. The third-order valence-electron chi connectivity index (χ3n) is 3.82. The van der Waals surface area contributed by atoms with Gasteiger partial charge in [-0.1, -0.05) is 19.8 Å². The van der Waals surface area contributed by atoms with Crippen molar-refractivity contribution in [3.05, 3.63) is 18.2 Å². The van der Waals surface area contributed by atoms with Gasteiger partial charge in [0, 0.05) is 36.1 Å². The van der Waals surface area contributed by atoms with Crippen LogP contribution in [0.5, 0.6) is 5.75 Å². The van der Waals surface area contributed by atoms with Crippen molar-refractivity contribution in [3.8, 4) is 5.75 Å². The fraction of sp³-hybridized carbons (Fsp3) is 0.625. The van der Waals surface area contributed by atoms with Crippen molar-refractivity contribution >= 4 is 11.4 Å². The third kappa shape index (κ3) is 3.55. The molecule has 0 unspecified atom stereocenters. The number of nitrogens with two attached hydrogens (primary N) is 1. The fourth-order valence-corrected chi connectivity index (χ4v) is 2.94. The van der Waals surface area contributed by atoms with Crippen LogP contribution >= 0.6 is 0 Å². The van der Waals surface area contributed by atoms with Crippen LogP contribution in [0.4, 0.5) is 11.4 Å². The highest BCUT2D eigenvalue weighted by Crippen LogP contribution is 2.31. The molecule has 19 heavy (non-hydrogen) atoms. The van der Waals surface area contributed by atoms with Crippen LogP contribution in [0, 0.1) is 0 Å². The van der Waals surface area contributed by atoms with Gasteiger partial charge in [-0.25, -0.2) is 0 Å². The first-order chi connectivity index (χ1) is 9.24. The van der Waals surface area contributed by atoms with Gasteiger partial charge in [0.15, 0.2) is 0 Å². The minimum atomic E-state index is 0.672. The molecule has 0 atom stereocenters. The van der Waals surface area contributed by atoms with Gasteiger partial charge in [0.1, 0.15) is 5.75 Å². The van der Waals surface area contributed by atoms with Gasteiger partial charge in [-0.3, -0.25) is 0 Å². The summed E-state index contributed by atoms with van der Waals surface area (Å²) in [5, 5.41) is 0. The number of nitrogen functional groups attached to an aromatic ring is 1. The van der Waals surface area contributed by atoms with Crippen molar-refractivity contribution in [1.29, 1.82) is 0 Å². The molecule has 1 aliphatic carbocycles. The van der Waals surface area contributed by atoms with E-state index in [2.05, 4.69) is 30.9 Å². The molecule has 1 aromatic rings. The van der Waals surface area contributed by atoms with E-state index in [1.54, 1.807) is 0 Å². The van der Waals surface area contributed by atoms with Crippen molar-refractivity contribution in [2.45, 2.75) is 52.0 Å². The summed E-state index contributed by atoms with van der Waals surface area (Å²) in [5.74, 6) is 0.897. The largest absolute Gasteiger partial charge is 0.493 e. The van der Waals surface area contributed by atoms with Gasteiger partial charge in [0.2, 0.25) is 0 Å². The Morgan fingerprint density at radius 3 is 2.58 bits per heavy atom. The maximum absolute atomic E-state index is 6.02. The Hall–Kier alpha value is -1.38. The lowest BCUT2D eigenvalue weighted by Crippen LogP contribution is -2.32. The second-order valence-electron chi connectivity index (χ2n) is 5.33. The first-order valence-electron chi connectivity index (χ1n) is 7.54. The second kappa shape index (κ2) is 6.69. The molecule has 3 nitrogen and oxygen atoms in total. The predicted octanol–water partition coefficient (Wildman–Crippen LogP) is 3.83. The Morgan fingerprint density at radius 2 is 1.95 bits per heavy atom. The average Bonchev–Trinajstić information content (AvgIpc) is 2.90. The van der Waals surface area contributed by atoms with Gasteiger partial charge in [-0.15, -0.1) is 0 Å². The van der Waals surface area contributed by atoms with Gasteiger partial charge in [0.05, 0.1) is 6.61 Å². The summed E-state index contributed by atoms with van der Waals surface area (Å²) in [4.78, 5) is 2.47. The smallest absolute Gasteiger partial charge is 0.123 e. The highest BCUT2D eigenvalue weighted by molar-refractivity contribution is 5.61. The van der Waals surface area contributed by atoms with Crippen LogP contribution < -0.4 is 15.4 Å². The topological polar surface area (TPSA) is 38.5 Å². The van der Waals surface area contributed by atoms with Gasteiger partial charge >= 0.3 is 0 Å². The Labute approximate surface area is 116 Å². The molecule has 0 aromatic heterocycles. The number of ether oxygens (including phenoxy) is 1. The number of hydrogen-bond acceptors (Lipinski definition) is 3. The minimum Gasteiger partial charge on any atom is -0.493 e. The Bertz CT molecular complexity index is 400. The molecule has 2 rings (SSSR count). The summed E-state index contributed by atoms with van der Waals surface area (Å²) in [7, 11) is 0. The molecule has 2 N–H and O–H groups in total. The van der Waals surface area contributed by atoms with Crippen LogP contribution in [0.1, 0.15) is 46.0 Å². The van der Waals surface area contributed by atoms with E-state index in [1.807, 2.05) is 6.07 Å². The maximum atomic E-state index is 6.02. The van der Waals surface area contributed by atoms with Crippen LogP contribution in [0.25, 0.3) is 0 Å². The molecule has 0 saturated heterocycles. The van der Waals surface area contributed by atoms with Crippen LogP contribution in [-0.4, -0.2) is 19.2 Å². The summed E-state index contributed by atoms with van der Waals surface area (Å²) in [5.41, 5.74) is 8.02. The van der Waals surface area contributed by atoms with Crippen molar-refractivity contribution in [2.75, 3.05) is 23.8 Å². The number of benzene rings is 1. The van der Waals surface area contributed by atoms with E-state index in [0.717, 1.165) is 31.0 Å². The quantitative estimate of drug-likeness (QED) is 0.792. The van der Waals surface area contributed by atoms with E-state index >= 15 is 0 Å². The van der Waals surface area contributed by atoms with Gasteiger partial charge in [0.25, 0.3) is 0 Å². The molecule has 1 saturated carbocycles. The van der Waals surface area contributed by atoms with Gasteiger partial charge in [-0.2, -0.15) is 0 Å². The van der Waals surface area contributed by atoms with Crippen LogP contribution in [0.3, 0.4) is 0 Å². The van der Waals surface area contributed by atoms with E-state index in [9.17, 15) is 0 Å². The molecule has 0 spiro atoms. The van der Waals surface area contributed by atoms with Crippen molar-refractivity contribution in [3.63, 3.8) is 0 Å². The van der Waals surface area contributed by atoms with Gasteiger partial charge < -0.3 is 15.4 Å². The molecular formula is C16H26N2O. The molecular weight excluding hydrogens is 236 g/mol. The minimum absolute atomic E-state index is 0.672. The van der Waals surface area contributed by atoms with E-state index in [0.29, 0.717) is 6.04 Å². The standard InChI is InChI=1S/C16H26N2O/c1-3-9-19-16-11-13(17)10-15(12-16)18(4-2)14-7-5-6-8-14/h10-12,14H,3-9,17H2,1-2H3. The zero-order valence-corrected chi connectivity index (χ0v) is 12.2. The zero-order chi connectivity index (χ0) is 13.7. The maximum Gasteiger partial charge on any atom is 0.123 e. The molecule has 0 amide bonds. The summed E-state index contributed by atoms with van der Waals surface area (Å²) >= 11 is 0. The highest BCUT2D eigenvalue weighted by Gasteiger charge is 2.22. The summed E-state index contributed by atoms with van der Waals surface area (Å²) in [6.07, 6.45) is 6.32. The average molecular weight is 262 g/mol. The predicted molar refractivity (Wildman–Crippen MR) is 81.9 cm³/mol. The third-order valence-corrected chi connectivity index (χ3v) is 3.82. The molecule has 0 radical (unpaired) electrons. The number of anilines is 2. The summed E-state index contributed by atoms with van der Waals surface area (Å²) in [6.45, 7) is 6.11. The monoisotopic (exact) mass is 262 g/mol. The van der Waals surface area contributed by atoms with Crippen molar-refractivity contribution in [1.82, 2.24) is 0 Å². The first kappa shape index (κ1) is 14.0. The van der Waals surface area contributed by atoms with Crippen LogP contribution in [-0.2, 0) is 0 Å². The van der Waals surface area contributed by atoms with Crippen LogP contribution in [0.15, 0.2) is 18.2 Å². The molecule has 0 aliphatic heterocycles. The lowest BCUT2D eigenvalue weighted by Gasteiger charge is -2.30. The Morgan fingerprint density at radius 1 is 1.21 bits per heavy atom. The number of hydrogen-bond donors (Lipinski definition) is 1. The molecule has 106 valence electrons. The molecule has 1 fully saturated rings. The molecule has 0 bridgehead atoms. The van der Waals surface area contributed by atoms with Crippen molar-refractivity contribution in [2.24, 2.45) is 0 Å². The van der Waals surface area contributed by atoms with E-state index in [-0.39, 0.29) is 0 Å². The zero-order valence-electron chi connectivity index (χ0n) is 12.2. The second-order valence-corrected chi connectivity index (χ2v) is 5.33.